The van der Waals surface area contributed by atoms with Crippen LogP contribution in [0.3, 0.4) is 0 Å². The second-order valence-electron chi connectivity index (χ2n) is 7.08. The van der Waals surface area contributed by atoms with Crippen LogP contribution < -0.4 is 11.1 Å². The van der Waals surface area contributed by atoms with Crippen molar-refractivity contribution in [3.63, 3.8) is 0 Å². The number of nitrogens with two attached hydrogens (primary N) is 1. The highest BCUT2D eigenvalue weighted by Crippen LogP contribution is 2.23. The molecule has 3 N–H and O–H groups in total. The van der Waals surface area contributed by atoms with Gasteiger partial charge in [0.05, 0.1) is 0 Å². The van der Waals surface area contributed by atoms with Gasteiger partial charge >= 0.3 is 0 Å². The zero-order valence-electron chi connectivity index (χ0n) is 13.4. The average Bonchev–Trinajstić information content (AvgIpc) is 2.65. The number of rotatable bonds is 2. The molecule has 21 heavy (non-hydrogen) atoms. The number of pyridine rings is 1. The molecule has 0 spiro atoms. The van der Waals surface area contributed by atoms with Crippen molar-refractivity contribution in [2.75, 3.05) is 5.73 Å². The molecule has 1 aromatic heterocycles. The molecule has 0 aliphatic heterocycles. The van der Waals surface area contributed by atoms with E-state index in [2.05, 4.69) is 31.1 Å². The van der Waals surface area contributed by atoms with E-state index in [1.165, 1.54) is 25.7 Å². The molecule has 2 rings (SSSR count). The van der Waals surface area contributed by atoms with Crippen molar-refractivity contribution in [3.05, 3.63) is 23.4 Å². The van der Waals surface area contributed by atoms with Crippen LogP contribution in [-0.4, -0.2) is 16.9 Å². The number of nitrogen functional groups attached to an aromatic ring is 1. The Morgan fingerprint density at radius 2 is 1.81 bits per heavy atom. The van der Waals surface area contributed by atoms with E-state index in [9.17, 15) is 4.79 Å². The van der Waals surface area contributed by atoms with Crippen molar-refractivity contribution in [3.8, 4) is 0 Å². The third kappa shape index (κ3) is 4.45. The Morgan fingerprint density at radius 1 is 1.19 bits per heavy atom. The normalized spacial score (nSPS) is 17.3. The van der Waals surface area contributed by atoms with E-state index in [1.54, 1.807) is 6.07 Å². The fourth-order valence-electron chi connectivity index (χ4n) is 2.76. The van der Waals surface area contributed by atoms with Gasteiger partial charge in [-0.1, -0.05) is 46.5 Å². The number of amides is 1. The van der Waals surface area contributed by atoms with Crippen LogP contribution in [0.2, 0.25) is 0 Å². The molecule has 0 atom stereocenters. The zero-order chi connectivity index (χ0) is 15.5. The summed E-state index contributed by atoms with van der Waals surface area (Å²) >= 11 is 0. The third-order valence-electron chi connectivity index (χ3n) is 4.07. The van der Waals surface area contributed by atoms with Gasteiger partial charge in [-0.05, 0) is 25.0 Å². The van der Waals surface area contributed by atoms with Crippen LogP contribution in [0, 0.1) is 0 Å². The average molecular weight is 289 g/mol. The Hall–Kier alpha value is -1.58. The lowest BCUT2D eigenvalue weighted by Gasteiger charge is -2.20. The number of carbonyl (C=O) groups is 1. The van der Waals surface area contributed by atoms with E-state index in [4.69, 9.17) is 5.73 Å². The maximum atomic E-state index is 12.5. The minimum Gasteiger partial charge on any atom is -0.384 e. The lowest BCUT2D eigenvalue weighted by atomic mass is 9.90. The molecule has 1 aliphatic rings. The summed E-state index contributed by atoms with van der Waals surface area (Å²) in [4.78, 5) is 16.8. The van der Waals surface area contributed by atoms with Crippen LogP contribution in [0.1, 0.15) is 75.3 Å². The van der Waals surface area contributed by atoms with Crippen LogP contribution in [0.4, 0.5) is 5.82 Å². The molecule has 4 nitrogen and oxygen atoms in total. The number of aromatic nitrogens is 1. The number of hydrogen-bond donors (Lipinski definition) is 2. The molecule has 116 valence electrons. The number of hydrogen-bond acceptors (Lipinski definition) is 3. The van der Waals surface area contributed by atoms with Gasteiger partial charge in [-0.25, -0.2) is 4.98 Å². The molecule has 1 amide bonds. The number of nitrogens with zero attached hydrogens (tertiary/aromatic N) is 1. The maximum absolute atomic E-state index is 12.5. The SMILES string of the molecule is CC(C)(C)c1cc(C(=O)NC2CCCCCC2)cc(N)n1. The Kier molecular flexibility index (Phi) is 4.86. The summed E-state index contributed by atoms with van der Waals surface area (Å²) in [6, 6.07) is 3.83. The van der Waals surface area contributed by atoms with Gasteiger partial charge in [-0.15, -0.1) is 0 Å². The smallest absolute Gasteiger partial charge is 0.251 e. The molecular formula is C17H27N3O. The first kappa shape index (κ1) is 15.8. The fraction of sp³-hybridized carbons (Fsp3) is 0.647. The first-order chi connectivity index (χ1) is 9.86. The highest BCUT2D eigenvalue weighted by molar-refractivity contribution is 5.95. The highest BCUT2D eigenvalue weighted by Gasteiger charge is 2.20. The van der Waals surface area contributed by atoms with Crippen molar-refractivity contribution in [2.45, 2.75) is 70.8 Å². The Balaban J connectivity index is 2.13. The van der Waals surface area contributed by atoms with E-state index in [0.29, 0.717) is 17.4 Å². The summed E-state index contributed by atoms with van der Waals surface area (Å²) in [7, 11) is 0. The van der Waals surface area contributed by atoms with Crippen LogP contribution in [0.15, 0.2) is 12.1 Å². The lowest BCUT2D eigenvalue weighted by Crippen LogP contribution is -2.34. The van der Waals surface area contributed by atoms with Crippen molar-refractivity contribution in [2.24, 2.45) is 0 Å². The zero-order valence-corrected chi connectivity index (χ0v) is 13.4. The van der Waals surface area contributed by atoms with Crippen LogP contribution in [0.25, 0.3) is 0 Å². The Labute approximate surface area is 127 Å². The van der Waals surface area contributed by atoms with Crippen LogP contribution >= 0.6 is 0 Å². The van der Waals surface area contributed by atoms with E-state index in [1.807, 2.05) is 6.07 Å². The third-order valence-corrected chi connectivity index (χ3v) is 4.07. The monoisotopic (exact) mass is 289 g/mol. The Bertz CT molecular complexity index is 497. The predicted molar refractivity (Wildman–Crippen MR) is 86.3 cm³/mol. The summed E-state index contributed by atoms with van der Waals surface area (Å²) in [5, 5.41) is 3.16. The van der Waals surface area contributed by atoms with Crippen LogP contribution in [0.5, 0.6) is 0 Å². The van der Waals surface area contributed by atoms with Crippen molar-refractivity contribution in [1.29, 1.82) is 0 Å². The second kappa shape index (κ2) is 6.46. The Morgan fingerprint density at radius 3 is 2.38 bits per heavy atom. The van der Waals surface area contributed by atoms with Gasteiger partial charge in [-0.2, -0.15) is 0 Å². The van der Waals surface area contributed by atoms with Crippen molar-refractivity contribution < 1.29 is 4.79 Å². The molecule has 1 fully saturated rings. The molecule has 0 bridgehead atoms. The molecule has 0 aromatic carbocycles. The molecule has 0 radical (unpaired) electrons. The lowest BCUT2D eigenvalue weighted by molar-refractivity contribution is 0.0933. The van der Waals surface area contributed by atoms with E-state index in [-0.39, 0.29) is 11.3 Å². The second-order valence-corrected chi connectivity index (χ2v) is 7.08. The highest BCUT2D eigenvalue weighted by atomic mass is 16.1. The quantitative estimate of drug-likeness (QED) is 0.820. The van der Waals surface area contributed by atoms with Gasteiger partial charge < -0.3 is 11.1 Å². The molecule has 1 saturated carbocycles. The van der Waals surface area contributed by atoms with E-state index in [0.717, 1.165) is 18.5 Å². The van der Waals surface area contributed by atoms with Gasteiger partial charge in [0.15, 0.2) is 0 Å². The maximum Gasteiger partial charge on any atom is 0.251 e. The van der Waals surface area contributed by atoms with E-state index >= 15 is 0 Å². The molecular weight excluding hydrogens is 262 g/mol. The molecule has 0 saturated heterocycles. The summed E-state index contributed by atoms with van der Waals surface area (Å²) in [5.41, 5.74) is 7.22. The van der Waals surface area contributed by atoms with Gasteiger partial charge in [0.25, 0.3) is 5.91 Å². The van der Waals surface area contributed by atoms with Gasteiger partial charge in [0, 0.05) is 22.7 Å². The van der Waals surface area contributed by atoms with Gasteiger partial charge in [-0.3, -0.25) is 4.79 Å². The predicted octanol–water partition coefficient (Wildman–Crippen LogP) is 3.41. The largest absolute Gasteiger partial charge is 0.384 e. The molecule has 1 heterocycles. The summed E-state index contributed by atoms with van der Waals surface area (Å²) < 4.78 is 0. The molecule has 1 aliphatic carbocycles. The molecule has 1 aromatic rings. The summed E-state index contributed by atoms with van der Waals surface area (Å²) in [6.45, 7) is 6.21. The number of carbonyl (C=O) groups excluding carboxylic acids is 1. The minimum absolute atomic E-state index is 0.0264. The topological polar surface area (TPSA) is 68.0 Å². The summed E-state index contributed by atoms with van der Waals surface area (Å²) in [5.74, 6) is 0.384. The fourth-order valence-corrected chi connectivity index (χ4v) is 2.76. The molecule has 4 heteroatoms. The van der Waals surface area contributed by atoms with Crippen LogP contribution in [-0.2, 0) is 5.41 Å². The van der Waals surface area contributed by atoms with E-state index < -0.39 is 0 Å². The van der Waals surface area contributed by atoms with Crippen molar-refractivity contribution in [1.82, 2.24) is 10.3 Å². The first-order valence-electron chi connectivity index (χ1n) is 7.95. The number of anilines is 1. The number of nitrogens with one attached hydrogen (secondary N) is 1. The van der Waals surface area contributed by atoms with Crippen molar-refractivity contribution >= 4 is 11.7 Å². The standard InChI is InChI=1S/C17H27N3O/c1-17(2,3)14-10-12(11-15(18)20-14)16(21)19-13-8-6-4-5-7-9-13/h10-11,13H,4-9H2,1-3H3,(H2,18,20)(H,19,21). The minimum atomic E-state index is -0.118. The summed E-state index contributed by atoms with van der Waals surface area (Å²) in [6.07, 6.45) is 7.13. The van der Waals surface area contributed by atoms with Gasteiger partial charge in [0.2, 0.25) is 0 Å². The molecule has 0 unspecified atom stereocenters. The first-order valence-corrected chi connectivity index (χ1v) is 7.95. The van der Waals surface area contributed by atoms with Gasteiger partial charge in [0.1, 0.15) is 5.82 Å².